The molecule has 0 saturated carbocycles. The third kappa shape index (κ3) is 4.28. The molecule has 0 aliphatic carbocycles. The molecule has 5 heteroatoms. The van der Waals surface area contributed by atoms with Crippen molar-refractivity contribution in [2.75, 3.05) is 27.1 Å². The third-order valence-corrected chi connectivity index (χ3v) is 1.20. The van der Waals surface area contributed by atoms with E-state index in [1.807, 2.05) is 0 Å². The van der Waals surface area contributed by atoms with E-state index < -0.39 is 18.8 Å². The lowest BCUT2D eigenvalue weighted by Gasteiger charge is -2.18. The normalized spacial score (nSPS) is 16.4. The zero-order valence-electron chi connectivity index (χ0n) is 6.43. The maximum Gasteiger partial charge on any atom is 0.146 e. The first-order chi connectivity index (χ1) is 5.26. The molecule has 11 heavy (non-hydrogen) atoms. The zero-order chi connectivity index (χ0) is 8.69. The number of hydrogen-bond donors (Lipinski definition) is 3. The molecule has 0 saturated heterocycles. The summed E-state index contributed by atoms with van der Waals surface area (Å²) in [6.45, 7) is -0.789. The highest BCUT2D eigenvalue weighted by Gasteiger charge is 2.17. The smallest absolute Gasteiger partial charge is 0.146 e. The Bertz CT molecular complexity index is 87.0. The van der Waals surface area contributed by atoms with Crippen LogP contribution in [0.5, 0.6) is 0 Å². The van der Waals surface area contributed by atoms with Crippen LogP contribution in [-0.2, 0) is 9.47 Å². The average molecular weight is 166 g/mol. The van der Waals surface area contributed by atoms with Gasteiger partial charge in [-0.2, -0.15) is 0 Å². The van der Waals surface area contributed by atoms with Gasteiger partial charge in [0.25, 0.3) is 0 Å². The maximum absolute atomic E-state index is 8.95. The van der Waals surface area contributed by atoms with Crippen molar-refractivity contribution in [3.63, 3.8) is 0 Å². The molecule has 0 rings (SSSR count). The molecule has 0 aromatic carbocycles. The fourth-order valence-corrected chi connectivity index (χ4v) is 0.558. The largest absolute Gasteiger partial charge is 0.394 e. The van der Waals surface area contributed by atoms with Gasteiger partial charge in [-0.1, -0.05) is 0 Å². The summed E-state index contributed by atoms with van der Waals surface area (Å²) < 4.78 is 9.35. The summed E-state index contributed by atoms with van der Waals surface area (Å²) >= 11 is 0. The van der Waals surface area contributed by atoms with Crippen LogP contribution in [0.15, 0.2) is 0 Å². The Morgan fingerprint density at radius 1 is 1.27 bits per heavy atom. The molecule has 0 radical (unpaired) electrons. The highest BCUT2D eigenvalue weighted by atomic mass is 16.7. The fourth-order valence-electron chi connectivity index (χ4n) is 0.558. The van der Waals surface area contributed by atoms with Crippen molar-refractivity contribution in [2.24, 2.45) is 0 Å². The molecule has 5 nitrogen and oxygen atoms in total. The van der Waals surface area contributed by atoms with Crippen LogP contribution in [0.25, 0.3) is 0 Å². The summed E-state index contributed by atoms with van der Waals surface area (Å²) in [6.07, 6.45) is -1.84. The first-order valence-electron chi connectivity index (χ1n) is 3.26. The number of ether oxygens (including phenoxy) is 2. The van der Waals surface area contributed by atoms with Gasteiger partial charge in [0.1, 0.15) is 19.0 Å². The predicted octanol–water partition coefficient (Wildman–Crippen LogP) is -1.68. The molecule has 3 N–H and O–H groups in total. The highest BCUT2D eigenvalue weighted by molar-refractivity contribution is 4.65. The number of hydrogen-bond acceptors (Lipinski definition) is 5. The van der Waals surface area contributed by atoms with Gasteiger partial charge in [-0.05, 0) is 0 Å². The minimum Gasteiger partial charge on any atom is -0.394 e. The molecule has 0 unspecified atom stereocenters. The quantitative estimate of drug-likeness (QED) is 0.411. The second-order valence-corrected chi connectivity index (χ2v) is 2.04. The lowest BCUT2D eigenvalue weighted by molar-refractivity contribution is -0.135. The van der Waals surface area contributed by atoms with E-state index in [0.717, 1.165) is 0 Å². The van der Waals surface area contributed by atoms with Crippen molar-refractivity contribution in [3.8, 4) is 0 Å². The van der Waals surface area contributed by atoms with Crippen molar-refractivity contribution in [3.05, 3.63) is 0 Å². The molecule has 0 aromatic rings. The average Bonchev–Trinajstić information content (AvgIpc) is 2.05. The van der Waals surface area contributed by atoms with Gasteiger partial charge in [-0.15, -0.1) is 0 Å². The van der Waals surface area contributed by atoms with Crippen LogP contribution in [0, 0.1) is 0 Å². The summed E-state index contributed by atoms with van der Waals surface area (Å²) in [5, 5.41) is 26.0. The van der Waals surface area contributed by atoms with Gasteiger partial charge < -0.3 is 24.8 Å². The van der Waals surface area contributed by atoms with Gasteiger partial charge in [-0.25, -0.2) is 0 Å². The van der Waals surface area contributed by atoms with Crippen LogP contribution < -0.4 is 0 Å². The Kier molecular flexibility index (Phi) is 6.39. The van der Waals surface area contributed by atoms with Crippen LogP contribution in [-0.4, -0.2) is 54.6 Å². The summed E-state index contributed by atoms with van der Waals surface area (Å²) in [5.74, 6) is 0. The van der Waals surface area contributed by atoms with E-state index in [1.54, 1.807) is 0 Å². The minimum atomic E-state index is -1.06. The van der Waals surface area contributed by atoms with Crippen LogP contribution in [0.2, 0.25) is 0 Å². The molecule has 0 aromatic heterocycles. The molecule has 68 valence electrons. The summed E-state index contributed by atoms with van der Waals surface area (Å²) in [4.78, 5) is 0. The lowest BCUT2D eigenvalue weighted by atomic mass is 10.2. The fraction of sp³-hybridized carbons (Fsp3) is 1.00. The van der Waals surface area contributed by atoms with Gasteiger partial charge in [0, 0.05) is 7.11 Å². The van der Waals surface area contributed by atoms with Gasteiger partial charge in [0.15, 0.2) is 0 Å². The van der Waals surface area contributed by atoms with Crippen LogP contribution in [0.3, 0.4) is 0 Å². The van der Waals surface area contributed by atoms with Gasteiger partial charge in [-0.3, -0.25) is 0 Å². The van der Waals surface area contributed by atoms with E-state index in [1.165, 1.54) is 7.11 Å². The monoisotopic (exact) mass is 166 g/mol. The first-order valence-corrected chi connectivity index (χ1v) is 3.26. The van der Waals surface area contributed by atoms with E-state index in [2.05, 4.69) is 4.74 Å². The standard InChI is InChI=1S/C6H14O5/c1-10-4-11-6(3-8)5(9)2-7/h5-9H,2-4H2,1H3/t5-,6+/m0/s1. The molecule has 0 bridgehead atoms. The van der Waals surface area contributed by atoms with Crippen molar-refractivity contribution in [1.82, 2.24) is 0 Å². The predicted molar refractivity (Wildman–Crippen MR) is 36.9 cm³/mol. The van der Waals surface area contributed by atoms with Crippen molar-refractivity contribution in [1.29, 1.82) is 0 Å². The SMILES string of the molecule is COCO[C@H](CO)[C@@H](O)CO. The molecule has 0 aliphatic heterocycles. The Morgan fingerprint density at radius 3 is 2.27 bits per heavy atom. The number of methoxy groups -OCH3 is 1. The molecule has 0 amide bonds. The lowest BCUT2D eigenvalue weighted by Crippen LogP contribution is -2.35. The van der Waals surface area contributed by atoms with E-state index in [4.69, 9.17) is 20.1 Å². The molecular weight excluding hydrogens is 152 g/mol. The Labute approximate surface area is 65.2 Å². The van der Waals surface area contributed by atoms with E-state index in [9.17, 15) is 0 Å². The highest BCUT2D eigenvalue weighted by Crippen LogP contribution is 1.97. The topological polar surface area (TPSA) is 79.2 Å². The van der Waals surface area contributed by atoms with Gasteiger partial charge >= 0.3 is 0 Å². The summed E-state index contributed by atoms with van der Waals surface area (Å²) in [6, 6.07) is 0. The second kappa shape index (κ2) is 6.51. The summed E-state index contributed by atoms with van der Waals surface area (Å²) in [7, 11) is 1.43. The molecule has 0 spiro atoms. The van der Waals surface area contributed by atoms with Crippen LogP contribution in [0.1, 0.15) is 0 Å². The molecule has 0 fully saturated rings. The first kappa shape index (κ1) is 10.8. The Balaban J connectivity index is 3.56. The number of aliphatic hydroxyl groups is 3. The van der Waals surface area contributed by atoms with Gasteiger partial charge in [0.2, 0.25) is 0 Å². The van der Waals surface area contributed by atoms with Crippen molar-refractivity contribution < 1.29 is 24.8 Å². The molecular formula is C6H14O5. The molecule has 0 heterocycles. The van der Waals surface area contributed by atoms with Crippen LogP contribution >= 0.6 is 0 Å². The van der Waals surface area contributed by atoms with Crippen molar-refractivity contribution >= 4 is 0 Å². The van der Waals surface area contributed by atoms with E-state index in [-0.39, 0.29) is 13.4 Å². The third-order valence-electron chi connectivity index (χ3n) is 1.20. The van der Waals surface area contributed by atoms with E-state index >= 15 is 0 Å². The zero-order valence-corrected chi connectivity index (χ0v) is 6.43. The molecule has 2 atom stereocenters. The Morgan fingerprint density at radius 2 is 1.91 bits per heavy atom. The molecule has 0 aliphatic rings. The number of aliphatic hydroxyl groups excluding tert-OH is 3. The minimum absolute atomic E-state index is 0.0116. The van der Waals surface area contributed by atoms with Gasteiger partial charge in [0.05, 0.1) is 13.2 Å². The maximum atomic E-state index is 8.95. The Hall–Kier alpha value is -0.200. The van der Waals surface area contributed by atoms with E-state index in [0.29, 0.717) is 0 Å². The number of rotatable bonds is 6. The summed E-state index contributed by atoms with van der Waals surface area (Å²) in [5.41, 5.74) is 0. The van der Waals surface area contributed by atoms with Crippen LogP contribution in [0.4, 0.5) is 0 Å². The van der Waals surface area contributed by atoms with Crippen molar-refractivity contribution in [2.45, 2.75) is 12.2 Å². The second-order valence-electron chi connectivity index (χ2n) is 2.04.